The Morgan fingerprint density at radius 1 is 1.33 bits per heavy atom. The van der Waals surface area contributed by atoms with E-state index in [-0.39, 0.29) is 0 Å². The number of benzene rings is 1. The lowest BCUT2D eigenvalue weighted by Crippen LogP contribution is -2.10. The van der Waals surface area contributed by atoms with E-state index >= 15 is 0 Å². The molecule has 1 saturated carbocycles. The molecule has 82 valence electrons. The molecule has 0 aromatic heterocycles. The standard InChI is InChI=1S/C13H19NO/c1-15-13-8-4-7-12(9-13)14-10-11-5-2-3-6-11/h4,7-9,11,14H,2-3,5-6,10H2,1H3. The van der Waals surface area contributed by atoms with Crippen molar-refractivity contribution in [2.75, 3.05) is 19.0 Å². The molecule has 0 bridgehead atoms. The van der Waals surface area contributed by atoms with Crippen LogP contribution in [-0.4, -0.2) is 13.7 Å². The second kappa shape index (κ2) is 5.06. The van der Waals surface area contributed by atoms with Crippen LogP contribution in [0, 0.1) is 5.92 Å². The van der Waals surface area contributed by atoms with Crippen molar-refractivity contribution in [1.29, 1.82) is 0 Å². The summed E-state index contributed by atoms with van der Waals surface area (Å²) in [6.45, 7) is 1.10. The Morgan fingerprint density at radius 2 is 2.13 bits per heavy atom. The van der Waals surface area contributed by atoms with Gasteiger partial charge in [0, 0.05) is 18.3 Å². The molecule has 0 aliphatic heterocycles. The summed E-state index contributed by atoms with van der Waals surface area (Å²) in [5.74, 6) is 1.79. The highest BCUT2D eigenvalue weighted by molar-refractivity contribution is 5.48. The lowest BCUT2D eigenvalue weighted by atomic mass is 10.1. The molecule has 2 nitrogen and oxygen atoms in total. The van der Waals surface area contributed by atoms with Crippen LogP contribution in [0.4, 0.5) is 5.69 Å². The van der Waals surface area contributed by atoms with Gasteiger partial charge in [-0.05, 0) is 30.9 Å². The van der Waals surface area contributed by atoms with Crippen molar-refractivity contribution in [3.05, 3.63) is 24.3 Å². The first-order valence-electron chi connectivity index (χ1n) is 5.76. The number of ether oxygens (including phenoxy) is 1. The van der Waals surface area contributed by atoms with Crippen molar-refractivity contribution in [2.24, 2.45) is 5.92 Å². The number of rotatable bonds is 4. The molecule has 1 fully saturated rings. The Labute approximate surface area is 91.6 Å². The number of hydrogen-bond donors (Lipinski definition) is 1. The largest absolute Gasteiger partial charge is 0.497 e. The topological polar surface area (TPSA) is 21.3 Å². The number of methoxy groups -OCH3 is 1. The van der Waals surface area contributed by atoms with E-state index < -0.39 is 0 Å². The summed E-state index contributed by atoms with van der Waals surface area (Å²) in [6.07, 6.45) is 5.59. The van der Waals surface area contributed by atoms with Crippen molar-refractivity contribution < 1.29 is 4.74 Å². The minimum absolute atomic E-state index is 0.871. The van der Waals surface area contributed by atoms with Gasteiger partial charge < -0.3 is 10.1 Å². The predicted octanol–water partition coefficient (Wildman–Crippen LogP) is 3.30. The van der Waals surface area contributed by atoms with Gasteiger partial charge in [0.25, 0.3) is 0 Å². The Kier molecular flexibility index (Phi) is 3.49. The SMILES string of the molecule is COc1cccc(NCC2CCCC2)c1. The molecule has 0 amide bonds. The molecule has 1 aromatic rings. The van der Waals surface area contributed by atoms with E-state index in [1.807, 2.05) is 12.1 Å². The minimum Gasteiger partial charge on any atom is -0.497 e. The highest BCUT2D eigenvalue weighted by atomic mass is 16.5. The van der Waals surface area contributed by atoms with E-state index in [4.69, 9.17) is 4.74 Å². The van der Waals surface area contributed by atoms with Gasteiger partial charge in [0.05, 0.1) is 7.11 Å². The highest BCUT2D eigenvalue weighted by Crippen LogP contribution is 2.25. The predicted molar refractivity (Wildman–Crippen MR) is 63.4 cm³/mol. The maximum atomic E-state index is 5.19. The van der Waals surface area contributed by atoms with Crippen LogP contribution >= 0.6 is 0 Å². The monoisotopic (exact) mass is 205 g/mol. The van der Waals surface area contributed by atoms with Gasteiger partial charge in [-0.25, -0.2) is 0 Å². The lowest BCUT2D eigenvalue weighted by molar-refractivity contribution is 0.415. The molecular formula is C13H19NO. The Morgan fingerprint density at radius 3 is 2.87 bits per heavy atom. The summed E-state index contributed by atoms with van der Waals surface area (Å²) < 4.78 is 5.19. The van der Waals surface area contributed by atoms with Gasteiger partial charge in [-0.1, -0.05) is 18.9 Å². The molecule has 2 rings (SSSR count). The fraction of sp³-hybridized carbons (Fsp3) is 0.538. The van der Waals surface area contributed by atoms with Crippen molar-refractivity contribution in [2.45, 2.75) is 25.7 Å². The summed E-state index contributed by atoms with van der Waals surface area (Å²) >= 11 is 0. The molecule has 0 radical (unpaired) electrons. The van der Waals surface area contributed by atoms with Crippen molar-refractivity contribution in [3.63, 3.8) is 0 Å². The minimum atomic E-state index is 0.871. The second-order valence-corrected chi connectivity index (χ2v) is 4.26. The van der Waals surface area contributed by atoms with Crippen molar-refractivity contribution >= 4 is 5.69 Å². The van der Waals surface area contributed by atoms with Gasteiger partial charge in [0.15, 0.2) is 0 Å². The first-order chi connectivity index (χ1) is 7.38. The van der Waals surface area contributed by atoms with Crippen LogP contribution in [0.25, 0.3) is 0 Å². The zero-order chi connectivity index (χ0) is 10.5. The van der Waals surface area contributed by atoms with Crippen LogP contribution in [-0.2, 0) is 0 Å². The average molecular weight is 205 g/mol. The van der Waals surface area contributed by atoms with Gasteiger partial charge in [0.2, 0.25) is 0 Å². The molecule has 15 heavy (non-hydrogen) atoms. The van der Waals surface area contributed by atoms with Gasteiger partial charge >= 0.3 is 0 Å². The number of hydrogen-bond acceptors (Lipinski definition) is 2. The summed E-state index contributed by atoms with van der Waals surface area (Å²) in [5, 5.41) is 3.48. The highest BCUT2D eigenvalue weighted by Gasteiger charge is 2.14. The van der Waals surface area contributed by atoms with Crippen molar-refractivity contribution in [3.8, 4) is 5.75 Å². The van der Waals surface area contributed by atoms with Crippen LogP contribution in [0.2, 0.25) is 0 Å². The second-order valence-electron chi connectivity index (χ2n) is 4.26. The van der Waals surface area contributed by atoms with Crippen LogP contribution < -0.4 is 10.1 Å². The van der Waals surface area contributed by atoms with Gasteiger partial charge in [0.1, 0.15) is 5.75 Å². The van der Waals surface area contributed by atoms with Crippen LogP contribution in [0.15, 0.2) is 24.3 Å². The molecule has 0 atom stereocenters. The van der Waals surface area contributed by atoms with E-state index in [0.29, 0.717) is 0 Å². The molecule has 1 aliphatic carbocycles. The lowest BCUT2D eigenvalue weighted by Gasteiger charge is -2.12. The van der Waals surface area contributed by atoms with E-state index in [1.165, 1.54) is 31.4 Å². The molecule has 0 spiro atoms. The van der Waals surface area contributed by atoms with Gasteiger partial charge in [-0.15, -0.1) is 0 Å². The fourth-order valence-corrected chi connectivity index (χ4v) is 2.21. The normalized spacial score (nSPS) is 16.6. The molecule has 0 heterocycles. The van der Waals surface area contributed by atoms with Gasteiger partial charge in [-0.2, -0.15) is 0 Å². The third-order valence-electron chi connectivity index (χ3n) is 3.14. The van der Waals surface area contributed by atoms with Gasteiger partial charge in [-0.3, -0.25) is 0 Å². The molecule has 1 aromatic carbocycles. The number of anilines is 1. The first-order valence-corrected chi connectivity index (χ1v) is 5.76. The Balaban J connectivity index is 1.86. The summed E-state index contributed by atoms with van der Waals surface area (Å²) in [7, 11) is 1.70. The maximum Gasteiger partial charge on any atom is 0.120 e. The quantitative estimate of drug-likeness (QED) is 0.814. The first kappa shape index (κ1) is 10.3. The number of nitrogens with one attached hydrogen (secondary N) is 1. The molecule has 0 unspecified atom stereocenters. The zero-order valence-electron chi connectivity index (χ0n) is 9.33. The zero-order valence-corrected chi connectivity index (χ0v) is 9.33. The summed E-state index contributed by atoms with van der Waals surface area (Å²) in [6, 6.07) is 8.14. The third-order valence-corrected chi connectivity index (χ3v) is 3.14. The molecular weight excluding hydrogens is 186 g/mol. The molecule has 0 saturated heterocycles. The smallest absolute Gasteiger partial charge is 0.120 e. The van der Waals surface area contributed by atoms with E-state index in [0.717, 1.165) is 18.2 Å². The fourth-order valence-electron chi connectivity index (χ4n) is 2.21. The van der Waals surface area contributed by atoms with E-state index in [2.05, 4.69) is 17.4 Å². The maximum absolute atomic E-state index is 5.19. The van der Waals surface area contributed by atoms with Crippen molar-refractivity contribution in [1.82, 2.24) is 0 Å². The van der Waals surface area contributed by atoms with Crippen LogP contribution in [0.5, 0.6) is 5.75 Å². The van der Waals surface area contributed by atoms with E-state index in [1.54, 1.807) is 7.11 Å². The molecule has 2 heteroatoms. The molecule has 1 aliphatic rings. The third kappa shape index (κ3) is 2.88. The van der Waals surface area contributed by atoms with Crippen LogP contribution in [0.1, 0.15) is 25.7 Å². The Hall–Kier alpha value is -1.18. The Bertz CT molecular complexity index is 305. The molecule has 1 N–H and O–H groups in total. The summed E-state index contributed by atoms with van der Waals surface area (Å²) in [4.78, 5) is 0. The summed E-state index contributed by atoms with van der Waals surface area (Å²) in [5.41, 5.74) is 1.17. The average Bonchev–Trinajstić information content (AvgIpc) is 2.79. The van der Waals surface area contributed by atoms with E-state index in [9.17, 15) is 0 Å². The van der Waals surface area contributed by atoms with Crippen LogP contribution in [0.3, 0.4) is 0 Å².